The summed E-state index contributed by atoms with van der Waals surface area (Å²) in [5.41, 5.74) is 4.90. The van der Waals surface area contributed by atoms with Gasteiger partial charge >= 0.3 is 0 Å². The molecule has 4 atom stereocenters. The summed E-state index contributed by atoms with van der Waals surface area (Å²) in [5.74, 6) is 0.646. The number of nitrogens with zero attached hydrogens (tertiary/aromatic N) is 1. The lowest BCUT2D eigenvalue weighted by molar-refractivity contribution is -0.124. The van der Waals surface area contributed by atoms with Gasteiger partial charge in [-0.05, 0) is 52.5 Å². The first-order chi connectivity index (χ1) is 7.96. The highest BCUT2D eigenvalue weighted by atomic mass is 16.1. The number of fused-ring (bicyclic) bond motifs is 2. The molecule has 4 heteroatoms. The van der Waals surface area contributed by atoms with Crippen molar-refractivity contribution in [2.45, 2.75) is 57.2 Å². The van der Waals surface area contributed by atoms with Crippen LogP contribution in [0.15, 0.2) is 0 Å². The summed E-state index contributed by atoms with van der Waals surface area (Å²) in [4.78, 5) is 14.1. The van der Waals surface area contributed by atoms with Crippen LogP contribution in [0.4, 0.5) is 0 Å². The predicted molar refractivity (Wildman–Crippen MR) is 68.6 cm³/mol. The number of nitrogens with one attached hydrogen (secondary N) is 1. The number of likely N-dealkylation sites (tertiary alicyclic amines) is 1. The van der Waals surface area contributed by atoms with Crippen molar-refractivity contribution in [3.05, 3.63) is 0 Å². The second kappa shape index (κ2) is 4.58. The topological polar surface area (TPSA) is 58.4 Å². The van der Waals surface area contributed by atoms with Crippen LogP contribution >= 0.6 is 0 Å². The van der Waals surface area contributed by atoms with Crippen molar-refractivity contribution >= 4 is 5.91 Å². The van der Waals surface area contributed by atoms with E-state index >= 15 is 0 Å². The molecule has 3 N–H and O–H groups in total. The van der Waals surface area contributed by atoms with Gasteiger partial charge in [0.2, 0.25) is 5.91 Å². The monoisotopic (exact) mass is 239 g/mol. The summed E-state index contributed by atoms with van der Waals surface area (Å²) < 4.78 is 0. The van der Waals surface area contributed by atoms with Gasteiger partial charge in [0.05, 0.1) is 5.54 Å². The fraction of sp³-hybridized carbons (Fsp3) is 0.923. The average Bonchev–Trinajstić information content (AvgIpc) is 2.90. The third kappa shape index (κ3) is 2.33. The van der Waals surface area contributed by atoms with Crippen molar-refractivity contribution in [3.8, 4) is 0 Å². The number of primary amides is 1. The highest BCUT2D eigenvalue weighted by Gasteiger charge is 2.42. The maximum atomic E-state index is 11.5. The number of amides is 1. The standard InChI is InChI=1S/C13H25N3O/c1-9(7-13(2,15-3)12(14)17)16-8-10-4-5-11(16)6-10/h9-11,15H,4-8H2,1-3H3,(H2,14,17). The van der Waals surface area contributed by atoms with Crippen LogP contribution in [0.25, 0.3) is 0 Å². The van der Waals surface area contributed by atoms with Crippen LogP contribution in [0.1, 0.15) is 39.5 Å². The van der Waals surface area contributed by atoms with Crippen LogP contribution in [0.3, 0.4) is 0 Å². The Bertz CT molecular complexity index is 307. The molecule has 0 spiro atoms. The molecule has 1 saturated carbocycles. The van der Waals surface area contributed by atoms with E-state index in [1.54, 1.807) is 0 Å². The molecule has 17 heavy (non-hydrogen) atoms. The number of carbonyl (C=O) groups excluding carboxylic acids is 1. The summed E-state index contributed by atoms with van der Waals surface area (Å²) in [6, 6.07) is 1.18. The zero-order valence-corrected chi connectivity index (χ0v) is 11.2. The van der Waals surface area contributed by atoms with Crippen molar-refractivity contribution in [2.75, 3.05) is 13.6 Å². The van der Waals surface area contributed by atoms with Crippen LogP contribution in [0.5, 0.6) is 0 Å². The lowest BCUT2D eigenvalue weighted by atomic mass is 9.91. The molecule has 2 bridgehead atoms. The SMILES string of the molecule is CNC(C)(CC(C)N1CC2CCC1C2)C(N)=O. The van der Waals surface area contributed by atoms with Crippen molar-refractivity contribution in [1.82, 2.24) is 10.2 Å². The van der Waals surface area contributed by atoms with Crippen molar-refractivity contribution < 1.29 is 4.79 Å². The number of nitrogens with two attached hydrogens (primary N) is 1. The Morgan fingerprint density at radius 1 is 1.59 bits per heavy atom. The minimum atomic E-state index is -0.582. The molecule has 0 aromatic carbocycles. The molecule has 4 unspecified atom stereocenters. The third-order valence-corrected chi connectivity index (χ3v) is 4.82. The molecule has 4 nitrogen and oxygen atoms in total. The molecule has 1 aliphatic heterocycles. The molecule has 2 rings (SSSR count). The molecule has 98 valence electrons. The number of piperidine rings is 1. The highest BCUT2D eigenvalue weighted by molar-refractivity contribution is 5.84. The van der Waals surface area contributed by atoms with E-state index in [1.165, 1.54) is 25.8 Å². The van der Waals surface area contributed by atoms with Crippen molar-refractivity contribution in [3.63, 3.8) is 0 Å². The van der Waals surface area contributed by atoms with E-state index in [9.17, 15) is 4.79 Å². The molecule has 0 radical (unpaired) electrons. The minimum absolute atomic E-state index is 0.254. The second-order valence-corrected chi connectivity index (χ2v) is 6.03. The molecule has 2 fully saturated rings. The number of hydrogen-bond acceptors (Lipinski definition) is 3. The molecular weight excluding hydrogens is 214 g/mol. The maximum Gasteiger partial charge on any atom is 0.237 e. The van der Waals surface area contributed by atoms with Gasteiger partial charge in [0.1, 0.15) is 0 Å². The minimum Gasteiger partial charge on any atom is -0.368 e. The predicted octanol–water partition coefficient (Wildman–Crippen LogP) is 0.713. The van der Waals surface area contributed by atoms with Gasteiger partial charge in [0, 0.05) is 18.6 Å². The Hall–Kier alpha value is -0.610. The lowest BCUT2D eigenvalue weighted by Gasteiger charge is -2.37. The fourth-order valence-electron chi connectivity index (χ4n) is 3.54. The molecule has 1 aliphatic carbocycles. The normalized spacial score (nSPS) is 33.6. The first-order valence-corrected chi connectivity index (χ1v) is 6.71. The number of hydrogen-bond donors (Lipinski definition) is 2. The Kier molecular flexibility index (Phi) is 3.46. The van der Waals surface area contributed by atoms with Crippen molar-refractivity contribution in [1.29, 1.82) is 0 Å². The molecule has 1 heterocycles. The summed E-state index contributed by atoms with van der Waals surface area (Å²) in [5, 5.41) is 3.08. The first kappa shape index (κ1) is 12.8. The van der Waals surface area contributed by atoms with E-state index in [0.717, 1.165) is 18.4 Å². The molecule has 2 aliphatic rings. The zero-order chi connectivity index (χ0) is 12.6. The number of carbonyl (C=O) groups is 1. The lowest BCUT2D eigenvalue weighted by Crippen LogP contribution is -2.55. The smallest absolute Gasteiger partial charge is 0.237 e. The fourth-order valence-corrected chi connectivity index (χ4v) is 3.54. The first-order valence-electron chi connectivity index (χ1n) is 6.71. The molecule has 0 aromatic rings. The van der Waals surface area contributed by atoms with Crippen molar-refractivity contribution in [2.24, 2.45) is 11.7 Å². The van der Waals surface area contributed by atoms with E-state index in [1.807, 2.05) is 14.0 Å². The molecule has 1 saturated heterocycles. The molecular formula is C13H25N3O. The van der Waals surface area contributed by atoms with Gasteiger partial charge in [-0.3, -0.25) is 9.69 Å². The summed E-state index contributed by atoms with van der Waals surface area (Å²) in [7, 11) is 1.81. The largest absolute Gasteiger partial charge is 0.368 e. The third-order valence-electron chi connectivity index (χ3n) is 4.82. The van der Waals surface area contributed by atoms with E-state index in [-0.39, 0.29) is 5.91 Å². The van der Waals surface area contributed by atoms with Crippen LogP contribution in [-0.4, -0.2) is 42.0 Å². The van der Waals surface area contributed by atoms with Crippen LogP contribution in [0, 0.1) is 5.92 Å². The van der Waals surface area contributed by atoms with Gasteiger partial charge in [-0.25, -0.2) is 0 Å². The number of rotatable bonds is 5. The van der Waals surface area contributed by atoms with Gasteiger partial charge in [-0.2, -0.15) is 0 Å². The zero-order valence-electron chi connectivity index (χ0n) is 11.2. The van der Waals surface area contributed by atoms with Gasteiger partial charge in [-0.1, -0.05) is 0 Å². The highest BCUT2D eigenvalue weighted by Crippen LogP contribution is 2.39. The number of likely N-dealkylation sites (N-methyl/N-ethyl adjacent to an activating group) is 1. The van der Waals surface area contributed by atoms with Crippen LogP contribution in [0.2, 0.25) is 0 Å². The summed E-state index contributed by atoms with van der Waals surface area (Å²) in [6.07, 6.45) is 4.88. The quantitative estimate of drug-likeness (QED) is 0.743. The van der Waals surface area contributed by atoms with E-state index in [4.69, 9.17) is 5.73 Å². The Morgan fingerprint density at radius 2 is 2.29 bits per heavy atom. The van der Waals surface area contributed by atoms with E-state index < -0.39 is 5.54 Å². The van der Waals surface area contributed by atoms with Gasteiger partial charge in [-0.15, -0.1) is 0 Å². The Morgan fingerprint density at radius 3 is 2.71 bits per heavy atom. The maximum absolute atomic E-state index is 11.5. The average molecular weight is 239 g/mol. The van der Waals surface area contributed by atoms with Gasteiger partial charge in [0.25, 0.3) is 0 Å². The van der Waals surface area contributed by atoms with Crippen LogP contribution < -0.4 is 11.1 Å². The van der Waals surface area contributed by atoms with Crippen LogP contribution in [-0.2, 0) is 4.79 Å². The van der Waals surface area contributed by atoms with Gasteiger partial charge < -0.3 is 11.1 Å². The van der Waals surface area contributed by atoms with E-state index in [2.05, 4.69) is 17.1 Å². The van der Waals surface area contributed by atoms with Gasteiger partial charge in [0.15, 0.2) is 0 Å². The second-order valence-electron chi connectivity index (χ2n) is 6.03. The molecule has 1 amide bonds. The van der Waals surface area contributed by atoms with E-state index in [0.29, 0.717) is 6.04 Å². The molecule has 0 aromatic heterocycles. The summed E-state index contributed by atoms with van der Waals surface area (Å²) in [6.45, 7) is 5.34. The Balaban J connectivity index is 1.97. The summed E-state index contributed by atoms with van der Waals surface area (Å²) >= 11 is 0. The Labute approximate surface area is 104 Å².